The minimum absolute atomic E-state index is 0.123. The van der Waals surface area contributed by atoms with E-state index >= 15 is 0 Å². The molecule has 132 valence electrons. The fourth-order valence-corrected chi connectivity index (χ4v) is 2.64. The summed E-state index contributed by atoms with van der Waals surface area (Å²) in [7, 11) is 0. The average molecular weight is 339 g/mol. The number of nitrogens with two attached hydrogens (primary N) is 1. The van der Waals surface area contributed by atoms with Crippen molar-refractivity contribution in [3.8, 4) is 0 Å². The maximum absolute atomic E-state index is 12.5. The van der Waals surface area contributed by atoms with Crippen LogP contribution in [0.3, 0.4) is 0 Å². The highest BCUT2D eigenvalue weighted by Gasteiger charge is 2.16. The van der Waals surface area contributed by atoms with Gasteiger partial charge >= 0.3 is 0 Å². The van der Waals surface area contributed by atoms with Crippen molar-refractivity contribution in [1.82, 2.24) is 5.43 Å². The molecule has 0 radical (unpaired) electrons. The largest absolute Gasteiger partial charge is 0.326 e. The summed E-state index contributed by atoms with van der Waals surface area (Å²) in [6.07, 6.45) is 1.02. The first-order valence-electron chi connectivity index (χ1n) is 8.41. The van der Waals surface area contributed by atoms with Crippen molar-refractivity contribution in [2.24, 2.45) is 11.8 Å². The SMILES string of the molecule is CC(C)Cc1ccc(C(C)C(=O)Nc2cccc(C(=O)NN)c2)cc1. The number of nitrogen functional groups attached to an aromatic ring is 1. The summed E-state index contributed by atoms with van der Waals surface area (Å²) in [5, 5.41) is 2.85. The van der Waals surface area contributed by atoms with Crippen LogP contribution in [0.4, 0.5) is 5.69 Å². The molecule has 0 aliphatic carbocycles. The number of nitrogens with one attached hydrogen (secondary N) is 2. The normalized spacial score (nSPS) is 11.9. The van der Waals surface area contributed by atoms with Gasteiger partial charge in [0.15, 0.2) is 0 Å². The van der Waals surface area contributed by atoms with Crippen LogP contribution in [0.15, 0.2) is 48.5 Å². The molecule has 25 heavy (non-hydrogen) atoms. The van der Waals surface area contributed by atoms with E-state index in [2.05, 4.69) is 36.7 Å². The molecule has 4 N–H and O–H groups in total. The summed E-state index contributed by atoms with van der Waals surface area (Å²) in [4.78, 5) is 24.1. The number of carbonyl (C=O) groups excluding carboxylic acids is 2. The van der Waals surface area contributed by atoms with Gasteiger partial charge in [-0.3, -0.25) is 15.0 Å². The van der Waals surface area contributed by atoms with E-state index in [1.807, 2.05) is 19.1 Å². The number of carbonyl (C=O) groups is 2. The van der Waals surface area contributed by atoms with Crippen molar-refractivity contribution in [3.05, 3.63) is 65.2 Å². The van der Waals surface area contributed by atoms with Crippen LogP contribution < -0.4 is 16.6 Å². The fraction of sp³-hybridized carbons (Fsp3) is 0.300. The molecule has 1 unspecified atom stereocenters. The molecular formula is C20H25N3O2. The molecule has 5 heteroatoms. The zero-order valence-electron chi connectivity index (χ0n) is 14.9. The van der Waals surface area contributed by atoms with Crippen LogP contribution >= 0.6 is 0 Å². The second-order valence-electron chi connectivity index (χ2n) is 6.60. The van der Waals surface area contributed by atoms with E-state index in [0.717, 1.165) is 12.0 Å². The van der Waals surface area contributed by atoms with Crippen molar-refractivity contribution in [1.29, 1.82) is 0 Å². The first kappa shape index (κ1) is 18.7. The van der Waals surface area contributed by atoms with Crippen LogP contribution in [0, 0.1) is 5.92 Å². The average Bonchev–Trinajstić information content (AvgIpc) is 2.60. The number of hydrazine groups is 1. The Bertz CT molecular complexity index is 739. The lowest BCUT2D eigenvalue weighted by Gasteiger charge is -2.14. The molecule has 0 spiro atoms. The van der Waals surface area contributed by atoms with Crippen LogP contribution in [0.1, 0.15) is 48.2 Å². The topological polar surface area (TPSA) is 84.2 Å². The number of hydrogen-bond donors (Lipinski definition) is 3. The van der Waals surface area contributed by atoms with Crippen LogP contribution in [0.25, 0.3) is 0 Å². The van der Waals surface area contributed by atoms with Gasteiger partial charge in [0.25, 0.3) is 5.91 Å². The van der Waals surface area contributed by atoms with E-state index in [9.17, 15) is 9.59 Å². The first-order valence-corrected chi connectivity index (χ1v) is 8.41. The van der Waals surface area contributed by atoms with Crippen LogP contribution in [-0.2, 0) is 11.2 Å². The number of rotatable bonds is 6. The number of amides is 2. The molecule has 0 heterocycles. The molecule has 5 nitrogen and oxygen atoms in total. The van der Waals surface area contributed by atoms with E-state index in [4.69, 9.17) is 5.84 Å². The third kappa shape index (κ3) is 5.16. The number of anilines is 1. The molecule has 2 aromatic carbocycles. The summed E-state index contributed by atoms with van der Waals surface area (Å²) in [5.74, 6) is 4.92. The molecule has 0 aromatic heterocycles. The lowest BCUT2D eigenvalue weighted by Crippen LogP contribution is -2.30. The maximum atomic E-state index is 12.5. The van der Waals surface area contributed by atoms with Crippen molar-refractivity contribution >= 4 is 17.5 Å². The van der Waals surface area contributed by atoms with Gasteiger partial charge in [-0.1, -0.05) is 44.2 Å². The number of hydrogen-bond acceptors (Lipinski definition) is 3. The molecule has 0 saturated carbocycles. The molecule has 0 aliphatic rings. The third-order valence-electron chi connectivity index (χ3n) is 4.04. The first-order chi connectivity index (χ1) is 11.9. The van der Waals surface area contributed by atoms with Crippen LogP contribution in [-0.4, -0.2) is 11.8 Å². The lowest BCUT2D eigenvalue weighted by atomic mass is 9.96. The van der Waals surface area contributed by atoms with Gasteiger partial charge in [-0.25, -0.2) is 5.84 Å². The molecule has 2 aromatic rings. The van der Waals surface area contributed by atoms with E-state index in [-0.39, 0.29) is 11.8 Å². The predicted molar refractivity (Wildman–Crippen MR) is 100 cm³/mol. The monoisotopic (exact) mass is 339 g/mol. The van der Waals surface area contributed by atoms with Crippen molar-refractivity contribution < 1.29 is 9.59 Å². The maximum Gasteiger partial charge on any atom is 0.265 e. The van der Waals surface area contributed by atoms with Crippen molar-refractivity contribution in [2.45, 2.75) is 33.1 Å². The Morgan fingerprint density at radius 1 is 1.04 bits per heavy atom. The van der Waals surface area contributed by atoms with Gasteiger partial charge in [0.05, 0.1) is 5.92 Å². The minimum atomic E-state index is -0.398. The van der Waals surface area contributed by atoms with Gasteiger partial charge < -0.3 is 5.32 Å². The summed E-state index contributed by atoms with van der Waals surface area (Å²) in [6, 6.07) is 14.8. The van der Waals surface area contributed by atoms with Gasteiger partial charge in [-0.15, -0.1) is 0 Å². The molecule has 0 bridgehead atoms. The Labute approximate surface area is 148 Å². The summed E-state index contributed by atoms with van der Waals surface area (Å²) < 4.78 is 0. The highest BCUT2D eigenvalue weighted by atomic mass is 16.2. The van der Waals surface area contributed by atoms with Gasteiger partial charge in [-0.05, 0) is 48.6 Å². The molecule has 2 amide bonds. The molecule has 0 aliphatic heterocycles. The van der Waals surface area contributed by atoms with Crippen LogP contribution in [0.5, 0.6) is 0 Å². The zero-order chi connectivity index (χ0) is 18.4. The Morgan fingerprint density at radius 2 is 1.72 bits per heavy atom. The van der Waals surface area contributed by atoms with Gasteiger partial charge in [0.2, 0.25) is 5.91 Å². The summed E-state index contributed by atoms with van der Waals surface area (Å²) in [5.41, 5.74) is 5.27. The highest BCUT2D eigenvalue weighted by molar-refractivity contribution is 5.98. The second kappa shape index (κ2) is 8.44. The minimum Gasteiger partial charge on any atom is -0.326 e. The highest BCUT2D eigenvalue weighted by Crippen LogP contribution is 2.20. The van der Waals surface area contributed by atoms with Gasteiger partial charge in [0, 0.05) is 11.3 Å². The Balaban J connectivity index is 2.06. The molecule has 2 rings (SSSR count). The number of benzene rings is 2. The van der Waals surface area contributed by atoms with E-state index in [1.54, 1.807) is 24.3 Å². The Morgan fingerprint density at radius 3 is 2.32 bits per heavy atom. The Hall–Kier alpha value is -2.66. The van der Waals surface area contributed by atoms with Gasteiger partial charge in [0.1, 0.15) is 0 Å². The summed E-state index contributed by atoms with van der Waals surface area (Å²) >= 11 is 0. The molecule has 0 fully saturated rings. The standard InChI is InChI=1S/C20H25N3O2/c1-13(2)11-15-7-9-16(10-8-15)14(3)19(24)22-18-6-4-5-17(12-18)20(25)23-21/h4-10,12-14H,11,21H2,1-3H3,(H,22,24)(H,23,25). The zero-order valence-corrected chi connectivity index (χ0v) is 14.9. The molecule has 0 saturated heterocycles. The quantitative estimate of drug-likeness (QED) is 0.429. The van der Waals surface area contributed by atoms with E-state index in [1.165, 1.54) is 5.56 Å². The van der Waals surface area contributed by atoms with E-state index < -0.39 is 5.91 Å². The van der Waals surface area contributed by atoms with E-state index in [0.29, 0.717) is 17.2 Å². The second-order valence-corrected chi connectivity index (χ2v) is 6.60. The van der Waals surface area contributed by atoms with Crippen molar-refractivity contribution in [3.63, 3.8) is 0 Å². The molecular weight excluding hydrogens is 314 g/mol. The molecule has 1 atom stereocenters. The predicted octanol–water partition coefficient (Wildman–Crippen LogP) is 3.23. The van der Waals surface area contributed by atoms with Crippen molar-refractivity contribution in [2.75, 3.05) is 5.32 Å². The third-order valence-corrected chi connectivity index (χ3v) is 4.04. The smallest absolute Gasteiger partial charge is 0.265 e. The van der Waals surface area contributed by atoms with Gasteiger partial charge in [-0.2, -0.15) is 0 Å². The Kier molecular flexibility index (Phi) is 6.31. The van der Waals surface area contributed by atoms with Crippen LogP contribution in [0.2, 0.25) is 0 Å². The fourth-order valence-electron chi connectivity index (χ4n) is 2.64. The summed E-state index contributed by atoms with van der Waals surface area (Å²) in [6.45, 7) is 6.23. The lowest BCUT2D eigenvalue weighted by molar-refractivity contribution is -0.117.